The first kappa shape index (κ1) is 18.5. The van der Waals surface area contributed by atoms with E-state index in [9.17, 15) is 8.42 Å². The third-order valence-corrected chi connectivity index (χ3v) is 5.45. The van der Waals surface area contributed by atoms with Crippen molar-refractivity contribution < 1.29 is 13.2 Å². The van der Waals surface area contributed by atoms with E-state index in [1.807, 2.05) is 37.3 Å². The van der Waals surface area contributed by atoms with Crippen LogP contribution in [-0.2, 0) is 10.0 Å². The highest BCUT2D eigenvalue weighted by Gasteiger charge is 2.16. The summed E-state index contributed by atoms with van der Waals surface area (Å²) in [4.78, 5) is 0.314. The van der Waals surface area contributed by atoms with Crippen molar-refractivity contribution in [2.75, 3.05) is 13.2 Å². The Kier molecular flexibility index (Phi) is 6.02. The molecule has 0 heterocycles. The zero-order valence-corrected chi connectivity index (χ0v) is 15.5. The molecule has 0 saturated carbocycles. The van der Waals surface area contributed by atoms with Crippen LogP contribution in [0.2, 0.25) is 0 Å². The predicted octanol–water partition coefficient (Wildman–Crippen LogP) is 3.78. The average Bonchev–Trinajstić information content (AvgIpc) is 2.51. The van der Waals surface area contributed by atoms with Crippen molar-refractivity contribution in [3.05, 3.63) is 59.2 Å². The van der Waals surface area contributed by atoms with Crippen molar-refractivity contribution in [3.63, 3.8) is 0 Å². The summed E-state index contributed by atoms with van der Waals surface area (Å²) in [6.45, 7) is 8.52. The lowest BCUT2D eigenvalue weighted by Gasteiger charge is -2.11. The number of nitrogens with one attached hydrogen (secondary N) is 1. The minimum Gasteiger partial charge on any atom is -0.492 e. The second kappa shape index (κ2) is 7.81. The molecule has 0 aliphatic rings. The van der Waals surface area contributed by atoms with E-state index in [0.717, 1.165) is 16.9 Å². The normalized spacial score (nSPS) is 11.7. The van der Waals surface area contributed by atoms with Crippen LogP contribution in [0.15, 0.2) is 47.4 Å². The zero-order chi connectivity index (χ0) is 17.7. The van der Waals surface area contributed by atoms with Gasteiger partial charge in [0.05, 0.1) is 4.90 Å². The molecule has 0 saturated heterocycles. The highest BCUT2D eigenvalue weighted by Crippen LogP contribution is 2.19. The van der Waals surface area contributed by atoms with E-state index in [0.29, 0.717) is 10.8 Å². The Morgan fingerprint density at radius 1 is 1.04 bits per heavy atom. The number of benzene rings is 2. The fourth-order valence-electron chi connectivity index (χ4n) is 2.47. The Morgan fingerprint density at radius 2 is 1.71 bits per heavy atom. The smallest absolute Gasteiger partial charge is 0.240 e. The highest BCUT2D eigenvalue weighted by molar-refractivity contribution is 7.89. The summed E-state index contributed by atoms with van der Waals surface area (Å²) in [6, 6.07) is 13.2. The first-order valence-corrected chi connectivity index (χ1v) is 9.57. The molecule has 2 rings (SSSR count). The number of ether oxygens (including phenoxy) is 1. The molecule has 2 aromatic rings. The quantitative estimate of drug-likeness (QED) is 0.776. The highest BCUT2D eigenvalue weighted by atomic mass is 32.2. The van der Waals surface area contributed by atoms with Crippen molar-refractivity contribution in [1.82, 2.24) is 4.72 Å². The number of rotatable bonds is 7. The SMILES string of the molecule is Cc1ccc(S(=O)(=O)NCCOc2ccc(C(C)C)cc2)c(C)c1. The molecule has 0 bridgehead atoms. The summed E-state index contributed by atoms with van der Waals surface area (Å²) in [5, 5.41) is 0. The van der Waals surface area contributed by atoms with Crippen LogP contribution in [-0.4, -0.2) is 21.6 Å². The summed E-state index contributed by atoms with van der Waals surface area (Å²) >= 11 is 0. The van der Waals surface area contributed by atoms with E-state index in [1.165, 1.54) is 5.56 Å². The molecular formula is C19H25NO3S. The van der Waals surface area contributed by atoms with Gasteiger partial charge in [-0.3, -0.25) is 0 Å². The van der Waals surface area contributed by atoms with Gasteiger partial charge in [0.2, 0.25) is 10.0 Å². The molecular weight excluding hydrogens is 322 g/mol. The molecule has 24 heavy (non-hydrogen) atoms. The first-order chi connectivity index (χ1) is 11.3. The van der Waals surface area contributed by atoms with Crippen molar-refractivity contribution in [1.29, 1.82) is 0 Å². The maximum absolute atomic E-state index is 12.3. The van der Waals surface area contributed by atoms with E-state index in [4.69, 9.17) is 4.74 Å². The van der Waals surface area contributed by atoms with E-state index >= 15 is 0 Å². The van der Waals surface area contributed by atoms with E-state index in [-0.39, 0.29) is 13.2 Å². The second-order valence-electron chi connectivity index (χ2n) is 6.24. The molecule has 4 nitrogen and oxygen atoms in total. The van der Waals surface area contributed by atoms with Crippen molar-refractivity contribution in [2.24, 2.45) is 0 Å². The Labute approximate surface area is 144 Å². The largest absolute Gasteiger partial charge is 0.492 e. The second-order valence-corrected chi connectivity index (χ2v) is 7.97. The van der Waals surface area contributed by atoms with Gasteiger partial charge in [-0.25, -0.2) is 13.1 Å². The fraction of sp³-hybridized carbons (Fsp3) is 0.368. The van der Waals surface area contributed by atoms with Crippen LogP contribution in [0.1, 0.15) is 36.5 Å². The summed E-state index contributed by atoms with van der Waals surface area (Å²) in [7, 11) is -3.51. The van der Waals surface area contributed by atoms with Crippen LogP contribution in [0.5, 0.6) is 5.75 Å². The fourth-order valence-corrected chi connectivity index (χ4v) is 3.71. The standard InChI is InChI=1S/C19H25NO3S/c1-14(2)17-6-8-18(9-7-17)23-12-11-20-24(21,22)19-10-5-15(3)13-16(19)4/h5-10,13-14,20H,11-12H2,1-4H3. The van der Waals surface area contributed by atoms with Gasteiger partial charge in [0.25, 0.3) is 0 Å². The number of hydrogen-bond donors (Lipinski definition) is 1. The molecule has 0 fully saturated rings. The number of hydrogen-bond acceptors (Lipinski definition) is 3. The number of aryl methyl sites for hydroxylation is 2. The minimum absolute atomic E-state index is 0.224. The predicted molar refractivity (Wildman–Crippen MR) is 97.1 cm³/mol. The molecule has 1 N–H and O–H groups in total. The third-order valence-electron chi connectivity index (χ3n) is 3.83. The van der Waals surface area contributed by atoms with E-state index < -0.39 is 10.0 Å². The molecule has 0 unspecified atom stereocenters. The lowest BCUT2D eigenvalue weighted by atomic mass is 10.0. The molecule has 0 aromatic heterocycles. The summed E-state index contributed by atoms with van der Waals surface area (Å²) in [5.41, 5.74) is 3.03. The molecule has 0 atom stereocenters. The van der Waals surface area contributed by atoms with Gasteiger partial charge in [0.1, 0.15) is 12.4 Å². The Bertz CT molecular complexity index is 781. The van der Waals surface area contributed by atoms with Gasteiger partial charge in [-0.2, -0.15) is 0 Å². The van der Waals surface area contributed by atoms with Crippen LogP contribution >= 0.6 is 0 Å². The maximum atomic E-state index is 12.3. The van der Waals surface area contributed by atoms with Crippen LogP contribution in [0.3, 0.4) is 0 Å². The third kappa shape index (κ3) is 4.82. The van der Waals surface area contributed by atoms with E-state index in [2.05, 4.69) is 18.6 Å². The molecule has 0 amide bonds. The van der Waals surface area contributed by atoms with Crippen molar-refractivity contribution >= 4 is 10.0 Å². The lowest BCUT2D eigenvalue weighted by molar-refractivity contribution is 0.322. The molecule has 0 aliphatic heterocycles. The average molecular weight is 347 g/mol. The summed E-state index contributed by atoms with van der Waals surface area (Å²) in [5.74, 6) is 1.22. The topological polar surface area (TPSA) is 55.4 Å². The van der Waals surface area contributed by atoms with Gasteiger partial charge in [-0.05, 0) is 49.1 Å². The monoisotopic (exact) mass is 347 g/mol. The Morgan fingerprint density at radius 3 is 2.29 bits per heavy atom. The van der Waals surface area contributed by atoms with Gasteiger partial charge >= 0.3 is 0 Å². The Balaban J connectivity index is 1.89. The van der Waals surface area contributed by atoms with E-state index in [1.54, 1.807) is 19.1 Å². The van der Waals surface area contributed by atoms with Crippen LogP contribution in [0.25, 0.3) is 0 Å². The van der Waals surface area contributed by atoms with Gasteiger partial charge < -0.3 is 4.74 Å². The van der Waals surface area contributed by atoms with Crippen LogP contribution in [0, 0.1) is 13.8 Å². The number of sulfonamides is 1. The summed E-state index contributed by atoms with van der Waals surface area (Å²) < 4.78 is 32.8. The Hall–Kier alpha value is -1.85. The molecule has 0 aliphatic carbocycles. The molecule has 0 radical (unpaired) electrons. The first-order valence-electron chi connectivity index (χ1n) is 8.09. The molecule has 130 valence electrons. The van der Waals surface area contributed by atoms with Gasteiger partial charge in [-0.1, -0.05) is 43.7 Å². The lowest BCUT2D eigenvalue weighted by Crippen LogP contribution is -2.28. The van der Waals surface area contributed by atoms with Crippen molar-refractivity contribution in [2.45, 2.75) is 38.5 Å². The minimum atomic E-state index is -3.51. The zero-order valence-electron chi connectivity index (χ0n) is 14.7. The molecule has 0 spiro atoms. The van der Waals surface area contributed by atoms with Crippen molar-refractivity contribution in [3.8, 4) is 5.75 Å². The van der Waals surface area contributed by atoms with Crippen LogP contribution in [0.4, 0.5) is 0 Å². The molecule has 2 aromatic carbocycles. The van der Waals surface area contributed by atoms with Gasteiger partial charge in [0, 0.05) is 6.54 Å². The van der Waals surface area contributed by atoms with Crippen LogP contribution < -0.4 is 9.46 Å². The maximum Gasteiger partial charge on any atom is 0.240 e. The summed E-state index contributed by atoms with van der Waals surface area (Å²) in [6.07, 6.45) is 0. The van der Waals surface area contributed by atoms with Gasteiger partial charge in [0.15, 0.2) is 0 Å². The molecule has 5 heteroatoms. The van der Waals surface area contributed by atoms with Gasteiger partial charge in [-0.15, -0.1) is 0 Å².